The largest absolute Gasteiger partial charge is 0.487 e. The molecular formula is C49H62N4O11. The fourth-order valence-corrected chi connectivity index (χ4v) is 9.79. The standard InChI is InChI=1S/C49H62N4O11/c1-3-25-62-49-45(52(21-26-60-27-24-56)48(57)35-15-16-35)30-43(51-63-31-34-13-17-38(18-14-34)53(58)59)41-28-36(10-4-6-22-54)40(12-5-7-23-55)46(47(41)49)42-29-39(19-20-44(42)64-49)61-32-37-11-8-9-33(2)50-37/h3,8-9,11,13-14,17-20,28-29,35-36,40,45-47,54-56H,1,4-7,10,12,15-16,21-27,30-32H2,2H3/t36-,40+,45-,46+,47+,49+/m0/s1. The molecule has 64 heavy (non-hydrogen) atoms. The van der Waals surface area contributed by atoms with Gasteiger partial charge in [-0.3, -0.25) is 19.9 Å². The molecule has 2 fully saturated rings. The van der Waals surface area contributed by atoms with Crippen LogP contribution in [-0.4, -0.2) is 99.8 Å². The van der Waals surface area contributed by atoms with E-state index >= 15 is 0 Å². The lowest BCUT2D eigenvalue weighted by atomic mass is 9.55. The minimum atomic E-state index is -1.43. The van der Waals surface area contributed by atoms with Gasteiger partial charge in [0.1, 0.15) is 30.8 Å². The Kier molecular flexibility index (Phi) is 16.2. The van der Waals surface area contributed by atoms with Crippen molar-refractivity contribution in [3.8, 4) is 11.5 Å². The normalized spacial score (nSPS) is 23.9. The van der Waals surface area contributed by atoms with Gasteiger partial charge in [-0.15, -0.1) is 6.58 Å². The molecule has 6 atom stereocenters. The Balaban J connectivity index is 1.39. The maximum absolute atomic E-state index is 14.6. The average molecular weight is 883 g/mol. The number of nitrogens with zero attached hydrogens (tertiary/aromatic N) is 4. The molecule has 15 heteroatoms. The monoisotopic (exact) mass is 882 g/mol. The predicted octanol–water partition coefficient (Wildman–Crippen LogP) is 6.96. The van der Waals surface area contributed by atoms with Gasteiger partial charge in [-0.1, -0.05) is 36.2 Å². The number of fused-ring (bicyclic) bond motifs is 2. The third-order valence-electron chi connectivity index (χ3n) is 12.8. The molecule has 15 nitrogen and oxygen atoms in total. The van der Waals surface area contributed by atoms with Gasteiger partial charge in [0.05, 0.1) is 48.7 Å². The number of aliphatic hydroxyl groups is 3. The first-order valence-corrected chi connectivity index (χ1v) is 22.7. The van der Waals surface area contributed by atoms with Gasteiger partial charge in [-0.05, 0) is 111 Å². The summed E-state index contributed by atoms with van der Waals surface area (Å²) in [6, 6.07) is 17.1. The van der Waals surface area contributed by atoms with Crippen molar-refractivity contribution in [1.29, 1.82) is 0 Å². The Morgan fingerprint density at radius 1 is 1.02 bits per heavy atom. The highest BCUT2D eigenvalue weighted by atomic mass is 16.7. The second kappa shape index (κ2) is 22.1. The molecule has 1 amide bonds. The summed E-state index contributed by atoms with van der Waals surface area (Å²) in [5.41, 5.74) is 4.82. The number of pyridine rings is 1. The molecule has 0 bridgehead atoms. The van der Waals surface area contributed by atoms with Crippen LogP contribution in [0.25, 0.3) is 0 Å². The molecule has 2 heterocycles. The second-order valence-electron chi connectivity index (χ2n) is 17.2. The minimum Gasteiger partial charge on any atom is -0.487 e. The molecular weight excluding hydrogens is 821 g/mol. The number of non-ortho nitro benzene ring substituents is 1. The number of nitro benzene ring substituents is 1. The molecule has 3 N–H and O–H groups in total. The van der Waals surface area contributed by atoms with Gasteiger partial charge >= 0.3 is 0 Å². The van der Waals surface area contributed by atoms with Crippen LogP contribution < -0.4 is 9.47 Å². The molecule has 0 radical (unpaired) electrons. The number of allylic oxidation sites excluding steroid dienone is 1. The summed E-state index contributed by atoms with van der Waals surface area (Å²) < 4.78 is 26.7. The maximum Gasteiger partial charge on any atom is 0.269 e. The number of benzene rings is 2. The summed E-state index contributed by atoms with van der Waals surface area (Å²) in [4.78, 5) is 38.2. The Morgan fingerprint density at radius 3 is 2.50 bits per heavy atom. The van der Waals surface area contributed by atoms with Crippen LogP contribution in [0.4, 0.5) is 5.69 Å². The number of carbonyl (C=O) groups is 1. The first-order valence-electron chi connectivity index (χ1n) is 22.7. The number of aromatic nitrogens is 1. The van der Waals surface area contributed by atoms with Crippen molar-refractivity contribution in [2.24, 2.45) is 28.8 Å². The van der Waals surface area contributed by atoms with Crippen LogP contribution >= 0.6 is 0 Å². The Labute approximate surface area is 374 Å². The minimum absolute atomic E-state index is 0.0172. The van der Waals surface area contributed by atoms with Crippen molar-refractivity contribution < 1.29 is 48.8 Å². The number of hydrogen-bond acceptors (Lipinski definition) is 13. The number of nitro groups is 1. The third-order valence-corrected chi connectivity index (χ3v) is 12.8. The number of carbonyl (C=O) groups excluding carboxylic acids is 1. The molecule has 7 rings (SSSR count). The fourth-order valence-electron chi connectivity index (χ4n) is 9.79. The Hall–Kier alpha value is -5.19. The lowest BCUT2D eigenvalue weighted by Crippen LogP contribution is -2.70. The van der Waals surface area contributed by atoms with E-state index in [1.807, 2.05) is 42.2 Å². The first-order chi connectivity index (χ1) is 31.2. The zero-order valence-electron chi connectivity index (χ0n) is 36.7. The Morgan fingerprint density at radius 2 is 1.80 bits per heavy atom. The molecule has 3 aromatic rings. The van der Waals surface area contributed by atoms with Gasteiger partial charge < -0.3 is 44.0 Å². The molecule has 2 saturated carbocycles. The smallest absolute Gasteiger partial charge is 0.269 e. The number of unbranched alkanes of at least 4 members (excludes halogenated alkanes) is 2. The molecule has 344 valence electrons. The lowest BCUT2D eigenvalue weighted by Gasteiger charge is -2.60. The number of aliphatic hydroxyl groups excluding tert-OH is 3. The fraction of sp³-hybridized carbons (Fsp3) is 0.531. The number of oxime groups is 1. The summed E-state index contributed by atoms with van der Waals surface area (Å²) >= 11 is 0. The molecule has 3 aliphatic carbocycles. The van der Waals surface area contributed by atoms with Crippen LogP contribution in [0.2, 0.25) is 0 Å². The number of ether oxygens (including phenoxy) is 4. The van der Waals surface area contributed by atoms with E-state index in [2.05, 4.69) is 23.7 Å². The summed E-state index contributed by atoms with van der Waals surface area (Å²) in [5.74, 6) is -1.09. The van der Waals surface area contributed by atoms with E-state index in [1.165, 1.54) is 12.1 Å². The highest BCUT2D eigenvalue weighted by Gasteiger charge is 2.66. The molecule has 1 aliphatic heterocycles. The number of hydrogen-bond donors (Lipinski definition) is 3. The van der Waals surface area contributed by atoms with Crippen molar-refractivity contribution >= 4 is 17.3 Å². The van der Waals surface area contributed by atoms with Crippen LogP contribution in [0.3, 0.4) is 0 Å². The van der Waals surface area contributed by atoms with Crippen molar-refractivity contribution in [1.82, 2.24) is 9.88 Å². The van der Waals surface area contributed by atoms with Crippen molar-refractivity contribution in [3.05, 3.63) is 118 Å². The third kappa shape index (κ3) is 10.8. The van der Waals surface area contributed by atoms with Gasteiger partial charge in [0.15, 0.2) is 0 Å². The molecule has 0 saturated heterocycles. The predicted molar refractivity (Wildman–Crippen MR) is 238 cm³/mol. The molecule has 2 aromatic carbocycles. The second-order valence-corrected chi connectivity index (χ2v) is 17.2. The quantitative estimate of drug-likeness (QED) is 0.0343. The van der Waals surface area contributed by atoms with Gasteiger partial charge in [0, 0.05) is 61.4 Å². The zero-order valence-corrected chi connectivity index (χ0v) is 36.7. The van der Waals surface area contributed by atoms with Crippen LogP contribution in [-0.2, 0) is 32.3 Å². The topological polar surface area (TPSA) is 196 Å². The summed E-state index contributed by atoms with van der Waals surface area (Å²) in [7, 11) is 0. The number of rotatable bonds is 25. The van der Waals surface area contributed by atoms with E-state index in [9.17, 15) is 30.2 Å². The van der Waals surface area contributed by atoms with E-state index in [4.69, 9.17) is 28.9 Å². The van der Waals surface area contributed by atoms with Crippen LogP contribution in [0, 0.1) is 40.7 Å². The molecule has 1 aromatic heterocycles. The van der Waals surface area contributed by atoms with Crippen molar-refractivity contribution in [3.63, 3.8) is 0 Å². The van der Waals surface area contributed by atoms with Gasteiger partial charge in [0.25, 0.3) is 5.69 Å². The highest BCUT2D eigenvalue weighted by molar-refractivity contribution is 6.03. The van der Waals surface area contributed by atoms with E-state index < -0.39 is 22.7 Å². The van der Waals surface area contributed by atoms with Crippen molar-refractivity contribution in [2.45, 2.75) is 95.7 Å². The van der Waals surface area contributed by atoms with Crippen LogP contribution in [0.15, 0.2) is 90.1 Å². The molecule has 0 unspecified atom stereocenters. The molecule has 4 aliphatic rings. The lowest BCUT2D eigenvalue weighted by molar-refractivity contribution is -0.384. The number of aryl methyl sites for hydroxylation is 1. The van der Waals surface area contributed by atoms with Gasteiger partial charge in [0.2, 0.25) is 11.7 Å². The van der Waals surface area contributed by atoms with Gasteiger partial charge in [-0.2, -0.15) is 0 Å². The van der Waals surface area contributed by atoms with E-state index in [0.29, 0.717) is 35.6 Å². The number of amides is 1. The van der Waals surface area contributed by atoms with Gasteiger partial charge in [-0.25, -0.2) is 0 Å². The summed E-state index contributed by atoms with van der Waals surface area (Å²) in [6.45, 7) is 6.90. The van der Waals surface area contributed by atoms with E-state index in [-0.39, 0.29) is 101 Å². The average Bonchev–Trinajstić information content (AvgIpc) is 4.15. The highest BCUT2D eigenvalue weighted by Crippen LogP contribution is 2.62. The SMILES string of the molecule is C=CCO[C@@]12Oc3ccc(OCc4cccc(C)n4)cc3[C@H]3[C@H](CCCCO)[C@@H](CCCCO)C=C(C(=NOCc4ccc([N+](=O)[O-])cc4)C[C@@H]1N(CCOCCO)C(=O)C1CC1)[C@H]32. The van der Waals surface area contributed by atoms with Crippen LogP contribution in [0.5, 0.6) is 11.5 Å². The Bertz CT molecular complexity index is 2130. The zero-order chi connectivity index (χ0) is 45.1. The first kappa shape index (κ1) is 46.8. The summed E-state index contributed by atoms with van der Waals surface area (Å²) in [5, 5.41) is 45.7. The maximum atomic E-state index is 14.6. The van der Waals surface area contributed by atoms with Crippen LogP contribution in [0.1, 0.15) is 86.2 Å². The van der Waals surface area contributed by atoms with Crippen molar-refractivity contribution in [2.75, 3.05) is 46.2 Å². The van der Waals surface area contributed by atoms with E-state index in [1.54, 1.807) is 18.2 Å². The molecule has 0 spiro atoms. The summed E-state index contributed by atoms with van der Waals surface area (Å²) in [6.07, 6.45) is 10.1. The van der Waals surface area contributed by atoms with E-state index in [0.717, 1.165) is 61.0 Å².